The van der Waals surface area contributed by atoms with E-state index in [-0.39, 0.29) is 6.10 Å². The summed E-state index contributed by atoms with van der Waals surface area (Å²) in [7, 11) is 0. The van der Waals surface area contributed by atoms with Gasteiger partial charge in [-0.2, -0.15) is 5.10 Å². The van der Waals surface area contributed by atoms with E-state index in [2.05, 4.69) is 31.3 Å². The van der Waals surface area contributed by atoms with Gasteiger partial charge >= 0.3 is 0 Å². The Morgan fingerprint density at radius 2 is 1.74 bits per heavy atom. The highest BCUT2D eigenvalue weighted by Crippen LogP contribution is 2.44. The Labute approximate surface area is 162 Å². The van der Waals surface area contributed by atoms with Gasteiger partial charge in [-0.3, -0.25) is 0 Å². The molecular weight excluding hydrogens is 356 g/mol. The lowest BCUT2D eigenvalue weighted by Crippen LogP contribution is -2.14. The number of para-hydroxylation sites is 1. The van der Waals surface area contributed by atoms with E-state index < -0.39 is 0 Å². The van der Waals surface area contributed by atoms with Crippen molar-refractivity contribution < 1.29 is 4.74 Å². The molecule has 1 aromatic heterocycles. The largest absolute Gasteiger partial charge is 0.480 e. The highest BCUT2D eigenvalue weighted by molar-refractivity contribution is 6.30. The van der Waals surface area contributed by atoms with Crippen molar-refractivity contribution in [1.82, 2.24) is 9.78 Å². The van der Waals surface area contributed by atoms with Crippen LogP contribution in [0.5, 0.6) is 5.75 Å². The van der Waals surface area contributed by atoms with Gasteiger partial charge < -0.3 is 4.74 Å². The Morgan fingerprint density at radius 3 is 2.52 bits per heavy atom. The molecule has 0 bridgehead atoms. The fraction of sp³-hybridized carbons (Fsp3) is 0.0870. The smallest absolute Gasteiger partial charge is 0.153 e. The maximum Gasteiger partial charge on any atom is 0.153 e. The van der Waals surface area contributed by atoms with Crippen molar-refractivity contribution in [2.45, 2.75) is 13.0 Å². The third-order valence-corrected chi connectivity index (χ3v) is 5.11. The van der Waals surface area contributed by atoms with Crippen LogP contribution in [0, 0.1) is 6.92 Å². The maximum atomic E-state index is 6.42. The van der Waals surface area contributed by atoms with Gasteiger partial charge in [0.2, 0.25) is 0 Å². The fourth-order valence-corrected chi connectivity index (χ4v) is 3.63. The maximum absolute atomic E-state index is 6.42. The summed E-state index contributed by atoms with van der Waals surface area (Å²) in [6.07, 6.45) is 1.84. The Balaban J connectivity index is 1.70. The molecule has 0 aliphatic carbocycles. The van der Waals surface area contributed by atoms with E-state index in [9.17, 15) is 0 Å². The van der Waals surface area contributed by atoms with Crippen LogP contribution in [0.25, 0.3) is 16.9 Å². The van der Waals surface area contributed by atoms with Gasteiger partial charge in [0.15, 0.2) is 6.10 Å². The minimum absolute atomic E-state index is 0.218. The standard InChI is InChI=1S/C23H17ClN2O/c1-15-7-12-19-21(13-15)27-23(16-8-10-17(24)11-9-16)20-14-26(25-22(19)20)18-5-3-2-4-6-18/h2-14,23H,1H3. The lowest BCUT2D eigenvalue weighted by molar-refractivity contribution is 0.243. The number of aryl methyl sites for hydroxylation is 1. The molecule has 1 aliphatic heterocycles. The summed E-state index contributed by atoms with van der Waals surface area (Å²) in [5.74, 6) is 0.862. The average molecular weight is 373 g/mol. The zero-order chi connectivity index (χ0) is 18.4. The summed E-state index contributed by atoms with van der Waals surface area (Å²) >= 11 is 6.08. The van der Waals surface area contributed by atoms with Crippen molar-refractivity contribution in [2.24, 2.45) is 0 Å². The molecule has 132 valence electrons. The molecule has 0 amide bonds. The molecule has 0 radical (unpaired) electrons. The molecule has 27 heavy (non-hydrogen) atoms. The molecule has 1 aliphatic rings. The van der Waals surface area contributed by atoms with E-state index in [1.807, 2.05) is 59.3 Å². The molecule has 0 fully saturated rings. The third-order valence-electron chi connectivity index (χ3n) is 4.86. The molecule has 3 nitrogen and oxygen atoms in total. The highest BCUT2D eigenvalue weighted by Gasteiger charge is 2.30. The van der Waals surface area contributed by atoms with Crippen LogP contribution in [0.15, 0.2) is 79.0 Å². The van der Waals surface area contributed by atoms with E-state index in [4.69, 9.17) is 21.4 Å². The third kappa shape index (κ3) is 2.81. The summed E-state index contributed by atoms with van der Waals surface area (Å²) in [4.78, 5) is 0. The summed E-state index contributed by atoms with van der Waals surface area (Å²) in [6, 6.07) is 24.2. The minimum Gasteiger partial charge on any atom is -0.480 e. The molecule has 4 heteroatoms. The van der Waals surface area contributed by atoms with Crippen molar-refractivity contribution in [3.05, 3.63) is 101 Å². The Morgan fingerprint density at radius 1 is 0.963 bits per heavy atom. The van der Waals surface area contributed by atoms with Crippen LogP contribution >= 0.6 is 11.6 Å². The second-order valence-corrected chi connectivity index (χ2v) is 7.20. The number of benzene rings is 3. The number of aromatic nitrogens is 2. The average Bonchev–Trinajstić information content (AvgIpc) is 3.14. The fourth-order valence-electron chi connectivity index (χ4n) is 3.50. The second kappa shape index (κ2) is 6.29. The van der Waals surface area contributed by atoms with E-state index in [1.54, 1.807) is 0 Å². The summed E-state index contributed by atoms with van der Waals surface area (Å²) < 4.78 is 8.34. The van der Waals surface area contributed by atoms with E-state index in [0.29, 0.717) is 5.02 Å². The summed E-state index contributed by atoms with van der Waals surface area (Å²) in [5, 5.41) is 5.61. The summed E-state index contributed by atoms with van der Waals surface area (Å²) in [5.41, 5.74) is 6.28. The van der Waals surface area contributed by atoms with Gasteiger partial charge in [0.25, 0.3) is 0 Å². The number of halogens is 1. The molecule has 1 unspecified atom stereocenters. The van der Waals surface area contributed by atoms with Gasteiger partial charge in [-0.1, -0.05) is 48.0 Å². The normalized spacial score (nSPS) is 15.0. The predicted octanol–water partition coefficient (Wildman–Crippen LogP) is 5.98. The quantitative estimate of drug-likeness (QED) is 0.432. The first-order chi connectivity index (χ1) is 13.2. The zero-order valence-electron chi connectivity index (χ0n) is 14.8. The van der Waals surface area contributed by atoms with Crippen LogP contribution in [0.1, 0.15) is 22.8 Å². The van der Waals surface area contributed by atoms with Gasteiger partial charge in [0, 0.05) is 22.3 Å². The zero-order valence-corrected chi connectivity index (χ0v) is 15.5. The van der Waals surface area contributed by atoms with E-state index in [1.165, 1.54) is 0 Å². The van der Waals surface area contributed by atoms with Gasteiger partial charge in [-0.15, -0.1) is 0 Å². The molecule has 5 rings (SSSR count). The highest BCUT2D eigenvalue weighted by atomic mass is 35.5. The molecule has 2 heterocycles. The number of hydrogen-bond donors (Lipinski definition) is 0. The molecule has 4 aromatic rings. The Hall–Kier alpha value is -3.04. The number of fused-ring (bicyclic) bond motifs is 3. The van der Waals surface area contributed by atoms with Crippen LogP contribution < -0.4 is 4.74 Å². The summed E-state index contributed by atoms with van der Waals surface area (Å²) in [6.45, 7) is 2.07. The minimum atomic E-state index is -0.218. The van der Waals surface area contributed by atoms with Crippen molar-refractivity contribution in [1.29, 1.82) is 0 Å². The van der Waals surface area contributed by atoms with E-state index in [0.717, 1.165) is 39.4 Å². The molecule has 0 saturated heterocycles. The predicted molar refractivity (Wildman–Crippen MR) is 108 cm³/mol. The first-order valence-electron chi connectivity index (χ1n) is 8.87. The van der Waals surface area contributed by atoms with Gasteiger partial charge in [-0.25, -0.2) is 4.68 Å². The van der Waals surface area contributed by atoms with Crippen molar-refractivity contribution in [3.63, 3.8) is 0 Å². The molecular formula is C23H17ClN2O. The monoisotopic (exact) mass is 372 g/mol. The molecule has 0 spiro atoms. The molecule has 0 saturated carbocycles. The Bertz CT molecular complexity index is 1120. The number of rotatable bonds is 2. The molecule has 3 aromatic carbocycles. The number of ether oxygens (including phenoxy) is 1. The van der Waals surface area contributed by atoms with Crippen LogP contribution in [0.4, 0.5) is 0 Å². The first-order valence-corrected chi connectivity index (χ1v) is 9.25. The van der Waals surface area contributed by atoms with Crippen LogP contribution in [0.2, 0.25) is 5.02 Å². The lowest BCUT2D eigenvalue weighted by atomic mass is 9.95. The van der Waals surface area contributed by atoms with Crippen LogP contribution in [-0.2, 0) is 0 Å². The van der Waals surface area contributed by atoms with Crippen LogP contribution in [-0.4, -0.2) is 9.78 Å². The van der Waals surface area contributed by atoms with Gasteiger partial charge in [0.05, 0.1) is 5.69 Å². The Kier molecular flexibility index (Phi) is 3.76. The van der Waals surface area contributed by atoms with Crippen molar-refractivity contribution in [2.75, 3.05) is 0 Å². The molecule has 0 N–H and O–H groups in total. The second-order valence-electron chi connectivity index (χ2n) is 6.76. The SMILES string of the molecule is Cc1ccc2c(c1)OC(c1ccc(Cl)cc1)c1cn(-c3ccccc3)nc1-2. The van der Waals surface area contributed by atoms with Crippen LogP contribution in [0.3, 0.4) is 0 Å². The number of nitrogens with zero attached hydrogens (tertiary/aromatic N) is 2. The van der Waals surface area contributed by atoms with Gasteiger partial charge in [0.1, 0.15) is 11.4 Å². The number of hydrogen-bond acceptors (Lipinski definition) is 2. The lowest BCUT2D eigenvalue weighted by Gasteiger charge is -2.26. The first kappa shape index (κ1) is 16.2. The van der Waals surface area contributed by atoms with E-state index >= 15 is 0 Å². The topological polar surface area (TPSA) is 27.1 Å². The van der Waals surface area contributed by atoms with Crippen molar-refractivity contribution >= 4 is 11.6 Å². The van der Waals surface area contributed by atoms with Crippen molar-refractivity contribution in [3.8, 4) is 22.7 Å². The molecule has 1 atom stereocenters. The van der Waals surface area contributed by atoms with Gasteiger partial charge in [-0.05, 0) is 54.4 Å².